The van der Waals surface area contributed by atoms with E-state index < -0.39 is 5.41 Å². The Balaban J connectivity index is 1.40. The molecule has 2 heterocycles. The molecule has 1 aromatic heterocycles. The van der Waals surface area contributed by atoms with Crippen LogP contribution in [0.15, 0.2) is 53.9 Å². The normalized spacial score (nSPS) is 14.1. The van der Waals surface area contributed by atoms with Crippen molar-refractivity contribution in [3.63, 3.8) is 0 Å². The molecule has 4 rings (SSSR count). The van der Waals surface area contributed by atoms with Crippen LogP contribution in [0.25, 0.3) is 11.3 Å². The summed E-state index contributed by atoms with van der Waals surface area (Å²) in [6, 6.07) is 14.6. The Labute approximate surface area is 197 Å². The van der Waals surface area contributed by atoms with Crippen LogP contribution >= 0.6 is 11.3 Å². The van der Waals surface area contributed by atoms with Gasteiger partial charge in [-0.25, -0.2) is 4.98 Å². The molecular formula is C25H28N4O3S. The number of hydrogen-bond acceptors (Lipinski definition) is 6. The molecule has 0 unspecified atom stereocenters. The summed E-state index contributed by atoms with van der Waals surface area (Å²) in [5.74, 6) is -0.340. The van der Waals surface area contributed by atoms with Crippen molar-refractivity contribution in [2.24, 2.45) is 5.41 Å². The Morgan fingerprint density at radius 3 is 2.42 bits per heavy atom. The highest BCUT2D eigenvalue weighted by molar-refractivity contribution is 7.14. The molecule has 1 aliphatic heterocycles. The summed E-state index contributed by atoms with van der Waals surface area (Å²) in [4.78, 5) is 32.0. The molecule has 0 radical (unpaired) electrons. The van der Waals surface area contributed by atoms with E-state index in [9.17, 15) is 9.59 Å². The number of aromatic nitrogens is 1. The molecule has 2 N–H and O–H groups in total. The zero-order chi connectivity index (χ0) is 23.4. The summed E-state index contributed by atoms with van der Waals surface area (Å²) < 4.78 is 5.41. The van der Waals surface area contributed by atoms with E-state index >= 15 is 0 Å². The van der Waals surface area contributed by atoms with E-state index in [1.165, 1.54) is 0 Å². The first kappa shape index (κ1) is 22.9. The van der Waals surface area contributed by atoms with Crippen molar-refractivity contribution in [1.82, 2.24) is 4.98 Å². The van der Waals surface area contributed by atoms with Gasteiger partial charge in [-0.2, -0.15) is 0 Å². The van der Waals surface area contributed by atoms with Crippen molar-refractivity contribution in [2.75, 3.05) is 41.8 Å². The third kappa shape index (κ3) is 5.77. The molecular weight excluding hydrogens is 436 g/mol. The van der Waals surface area contributed by atoms with Crippen LogP contribution in [0.2, 0.25) is 0 Å². The Morgan fingerprint density at radius 1 is 1.00 bits per heavy atom. The Bertz CT molecular complexity index is 1130. The molecule has 0 spiro atoms. The molecule has 3 aromatic rings. The summed E-state index contributed by atoms with van der Waals surface area (Å²) in [6.07, 6.45) is 0. The number of anilines is 3. The number of nitrogens with zero attached hydrogens (tertiary/aromatic N) is 2. The molecule has 0 aliphatic carbocycles. The number of nitrogens with one attached hydrogen (secondary N) is 2. The van der Waals surface area contributed by atoms with Gasteiger partial charge in [0.2, 0.25) is 5.91 Å². The maximum Gasteiger partial charge on any atom is 0.255 e. The van der Waals surface area contributed by atoms with Crippen LogP contribution in [0.4, 0.5) is 16.5 Å². The van der Waals surface area contributed by atoms with Crippen molar-refractivity contribution in [1.29, 1.82) is 0 Å². The predicted molar refractivity (Wildman–Crippen MR) is 133 cm³/mol. The van der Waals surface area contributed by atoms with E-state index in [2.05, 4.69) is 20.9 Å². The monoisotopic (exact) mass is 464 g/mol. The molecule has 0 saturated carbocycles. The van der Waals surface area contributed by atoms with Gasteiger partial charge in [0.25, 0.3) is 5.91 Å². The first-order valence-corrected chi connectivity index (χ1v) is 11.8. The largest absolute Gasteiger partial charge is 0.378 e. The van der Waals surface area contributed by atoms with Crippen LogP contribution < -0.4 is 15.5 Å². The topological polar surface area (TPSA) is 83.6 Å². The molecule has 172 valence electrons. The van der Waals surface area contributed by atoms with Gasteiger partial charge in [-0.3, -0.25) is 9.59 Å². The third-order valence-corrected chi connectivity index (χ3v) is 6.18. The fourth-order valence-electron chi connectivity index (χ4n) is 3.28. The lowest BCUT2D eigenvalue weighted by Crippen LogP contribution is -2.36. The molecule has 7 nitrogen and oxygen atoms in total. The van der Waals surface area contributed by atoms with Crippen molar-refractivity contribution < 1.29 is 14.3 Å². The van der Waals surface area contributed by atoms with Crippen LogP contribution in [0, 0.1) is 5.41 Å². The van der Waals surface area contributed by atoms with Crippen LogP contribution in [-0.2, 0) is 9.53 Å². The molecule has 2 amide bonds. The molecule has 1 aliphatic rings. The smallest absolute Gasteiger partial charge is 0.255 e. The van der Waals surface area contributed by atoms with E-state index in [1.807, 2.05) is 45.0 Å². The van der Waals surface area contributed by atoms with Gasteiger partial charge in [0.1, 0.15) is 0 Å². The summed E-state index contributed by atoms with van der Waals surface area (Å²) in [5, 5.41) is 8.83. The number of ether oxygens (including phenoxy) is 1. The molecule has 2 aromatic carbocycles. The quantitative estimate of drug-likeness (QED) is 0.562. The van der Waals surface area contributed by atoms with Crippen molar-refractivity contribution in [2.45, 2.75) is 20.8 Å². The Hall–Kier alpha value is -3.23. The molecule has 1 saturated heterocycles. The fourth-order valence-corrected chi connectivity index (χ4v) is 4.17. The van der Waals surface area contributed by atoms with Gasteiger partial charge in [0.15, 0.2) is 5.13 Å². The van der Waals surface area contributed by atoms with Crippen LogP contribution in [-0.4, -0.2) is 43.1 Å². The summed E-state index contributed by atoms with van der Waals surface area (Å²) in [7, 11) is 0. The zero-order valence-corrected chi connectivity index (χ0v) is 19.9. The van der Waals surface area contributed by atoms with E-state index in [-0.39, 0.29) is 11.8 Å². The molecule has 8 heteroatoms. The van der Waals surface area contributed by atoms with Gasteiger partial charge in [0, 0.05) is 46.4 Å². The highest BCUT2D eigenvalue weighted by Crippen LogP contribution is 2.29. The number of carbonyl (C=O) groups is 2. The van der Waals surface area contributed by atoms with Gasteiger partial charge in [-0.05, 0) is 30.3 Å². The number of rotatable bonds is 5. The highest BCUT2D eigenvalue weighted by atomic mass is 32.1. The minimum Gasteiger partial charge on any atom is -0.378 e. The van der Waals surface area contributed by atoms with Crippen molar-refractivity contribution in [3.05, 3.63) is 59.5 Å². The van der Waals surface area contributed by atoms with Crippen molar-refractivity contribution >= 4 is 39.7 Å². The average molecular weight is 465 g/mol. The molecule has 0 atom stereocenters. The zero-order valence-electron chi connectivity index (χ0n) is 19.1. The first-order valence-electron chi connectivity index (χ1n) is 10.9. The van der Waals surface area contributed by atoms with Gasteiger partial charge in [-0.1, -0.05) is 39.0 Å². The second-order valence-corrected chi connectivity index (χ2v) is 9.77. The minimum atomic E-state index is -0.514. The highest BCUT2D eigenvalue weighted by Gasteiger charge is 2.21. The van der Waals surface area contributed by atoms with E-state index in [0.717, 1.165) is 42.7 Å². The van der Waals surface area contributed by atoms with E-state index in [4.69, 9.17) is 9.72 Å². The number of carbonyl (C=O) groups excluding carboxylic acids is 2. The SMILES string of the molecule is CC(C)(C)C(=O)Nc1cccc(C(=O)Nc2ccc(-c3csc(N4CCOCC4)n3)cc2)c1. The third-order valence-electron chi connectivity index (χ3n) is 5.28. The number of morpholine rings is 1. The first-order chi connectivity index (χ1) is 15.8. The molecule has 1 fully saturated rings. The maximum absolute atomic E-state index is 12.7. The number of thiazole rings is 1. The lowest BCUT2D eigenvalue weighted by atomic mass is 9.95. The Morgan fingerprint density at radius 2 is 1.73 bits per heavy atom. The van der Waals surface area contributed by atoms with E-state index in [0.29, 0.717) is 16.9 Å². The van der Waals surface area contributed by atoms with Crippen LogP contribution in [0.3, 0.4) is 0 Å². The lowest BCUT2D eigenvalue weighted by molar-refractivity contribution is -0.123. The Kier molecular flexibility index (Phi) is 6.76. The predicted octanol–water partition coefficient (Wildman–Crippen LogP) is 4.88. The standard InChI is InChI=1S/C25H28N4O3S/c1-25(2,3)23(31)27-20-6-4-5-18(15-20)22(30)26-19-9-7-17(8-10-19)21-16-33-24(28-21)29-11-13-32-14-12-29/h4-10,15-16H,11-14H2,1-3H3,(H,26,30)(H,27,31). The maximum atomic E-state index is 12.7. The number of amides is 2. The van der Waals surface area contributed by atoms with Crippen LogP contribution in [0.5, 0.6) is 0 Å². The fraction of sp³-hybridized carbons (Fsp3) is 0.320. The number of hydrogen-bond donors (Lipinski definition) is 2. The second kappa shape index (κ2) is 9.72. The van der Waals surface area contributed by atoms with Gasteiger partial charge < -0.3 is 20.3 Å². The van der Waals surface area contributed by atoms with E-state index in [1.54, 1.807) is 35.6 Å². The lowest BCUT2D eigenvalue weighted by Gasteiger charge is -2.26. The summed E-state index contributed by atoms with van der Waals surface area (Å²) >= 11 is 1.63. The number of benzene rings is 2. The van der Waals surface area contributed by atoms with Crippen LogP contribution in [0.1, 0.15) is 31.1 Å². The van der Waals surface area contributed by atoms with Gasteiger partial charge in [0.05, 0.1) is 18.9 Å². The summed E-state index contributed by atoms with van der Waals surface area (Å²) in [6.45, 7) is 8.72. The molecule has 0 bridgehead atoms. The van der Waals surface area contributed by atoms with Gasteiger partial charge >= 0.3 is 0 Å². The molecule has 33 heavy (non-hydrogen) atoms. The minimum absolute atomic E-state index is 0.102. The summed E-state index contributed by atoms with van der Waals surface area (Å²) in [5.41, 5.74) is 3.16. The second-order valence-electron chi connectivity index (χ2n) is 8.93. The van der Waals surface area contributed by atoms with Gasteiger partial charge in [-0.15, -0.1) is 11.3 Å². The van der Waals surface area contributed by atoms with Crippen molar-refractivity contribution in [3.8, 4) is 11.3 Å². The average Bonchev–Trinajstić information content (AvgIpc) is 3.30.